The van der Waals surface area contributed by atoms with Crippen LogP contribution in [0, 0.1) is 10.5 Å². The standard InChI is InChI=1S/C11H14INO/c1-3-4-11(14)13-10-6-5-8(2)7-9(10)12/h5-7H,3-4H2,1-2H3,(H,13,14). The van der Waals surface area contributed by atoms with Crippen LogP contribution < -0.4 is 5.32 Å². The molecule has 1 aromatic rings. The third-order valence-electron chi connectivity index (χ3n) is 1.88. The van der Waals surface area contributed by atoms with Gasteiger partial charge in [-0.15, -0.1) is 0 Å². The normalized spacial score (nSPS) is 9.93. The first-order chi connectivity index (χ1) is 6.63. The lowest BCUT2D eigenvalue weighted by Crippen LogP contribution is -2.11. The Bertz CT molecular complexity index is 336. The maximum Gasteiger partial charge on any atom is 0.224 e. The molecule has 3 heteroatoms. The van der Waals surface area contributed by atoms with Crippen LogP contribution in [-0.4, -0.2) is 5.91 Å². The third-order valence-corrected chi connectivity index (χ3v) is 2.77. The molecule has 0 aliphatic rings. The van der Waals surface area contributed by atoms with Crippen molar-refractivity contribution in [2.75, 3.05) is 5.32 Å². The molecule has 0 spiro atoms. The van der Waals surface area contributed by atoms with Crippen molar-refractivity contribution in [3.8, 4) is 0 Å². The fourth-order valence-electron chi connectivity index (χ4n) is 1.16. The summed E-state index contributed by atoms with van der Waals surface area (Å²) in [7, 11) is 0. The second-order valence-electron chi connectivity index (χ2n) is 3.28. The summed E-state index contributed by atoms with van der Waals surface area (Å²) in [5.41, 5.74) is 2.12. The molecule has 0 aromatic heterocycles. The first-order valence-electron chi connectivity index (χ1n) is 4.69. The number of rotatable bonds is 3. The van der Waals surface area contributed by atoms with Gasteiger partial charge in [0.1, 0.15) is 0 Å². The van der Waals surface area contributed by atoms with Crippen molar-refractivity contribution >= 4 is 34.2 Å². The first kappa shape index (κ1) is 11.5. The molecule has 14 heavy (non-hydrogen) atoms. The van der Waals surface area contributed by atoms with E-state index >= 15 is 0 Å². The molecular formula is C11H14INO. The summed E-state index contributed by atoms with van der Waals surface area (Å²) in [6.45, 7) is 4.04. The van der Waals surface area contributed by atoms with Gasteiger partial charge in [0.25, 0.3) is 0 Å². The highest BCUT2D eigenvalue weighted by molar-refractivity contribution is 14.1. The van der Waals surface area contributed by atoms with E-state index in [4.69, 9.17) is 0 Å². The van der Waals surface area contributed by atoms with E-state index in [2.05, 4.69) is 34.0 Å². The SMILES string of the molecule is CCCC(=O)Nc1ccc(C)cc1I. The molecule has 0 atom stereocenters. The summed E-state index contributed by atoms with van der Waals surface area (Å²) in [5.74, 6) is 0.0919. The van der Waals surface area contributed by atoms with Crippen molar-refractivity contribution in [1.29, 1.82) is 0 Å². The Morgan fingerprint density at radius 1 is 1.50 bits per heavy atom. The largest absolute Gasteiger partial charge is 0.325 e. The van der Waals surface area contributed by atoms with Crippen LogP contribution in [0.2, 0.25) is 0 Å². The van der Waals surface area contributed by atoms with Gasteiger partial charge in [-0.2, -0.15) is 0 Å². The summed E-state index contributed by atoms with van der Waals surface area (Å²) in [6, 6.07) is 6.01. The third kappa shape index (κ3) is 3.29. The quantitative estimate of drug-likeness (QED) is 0.853. The number of nitrogens with one attached hydrogen (secondary N) is 1. The lowest BCUT2D eigenvalue weighted by molar-refractivity contribution is -0.116. The molecule has 1 amide bonds. The number of carbonyl (C=O) groups excluding carboxylic acids is 1. The summed E-state index contributed by atoms with van der Waals surface area (Å²) in [4.78, 5) is 11.3. The molecule has 0 unspecified atom stereocenters. The molecule has 2 nitrogen and oxygen atoms in total. The lowest BCUT2D eigenvalue weighted by atomic mass is 10.2. The van der Waals surface area contributed by atoms with Crippen LogP contribution in [0.5, 0.6) is 0 Å². The molecule has 1 aromatic carbocycles. The van der Waals surface area contributed by atoms with Crippen molar-refractivity contribution in [2.45, 2.75) is 26.7 Å². The van der Waals surface area contributed by atoms with Crippen LogP contribution in [0.1, 0.15) is 25.3 Å². The second-order valence-corrected chi connectivity index (χ2v) is 4.44. The molecule has 0 aliphatic heterocycles. The summed E-state index contributed by atoms with van der Waals surface area (Å²) < 4.78 is 1.09. The van der Waals surface area contributed by atoms with E-state index in [1.807, 2.05) is 26.0 Å². The van der Waals surface area contributed by atoms with Gasteiger partial charge in [0.15, 0.2) is 0 Å². The average Bonchev–Trinajstić information content (AvgIpc) is 2.10. The van der Waals surface area contributed by atoms with Crippen molar-refractivity contribution < 1.29 is 4.79 Å². The summed E-state index contributed by atoms with van der Waals surface area (Å²) in [6.07, 6.45) is 1.47. The lowest BCUT2D eigenvalue weighted by Gasteiger charge is -2.07. The Hall–Kier alpha value is -0.580. The molecule has 0 heterocycles. The highest BCUT2D eigenvalue weighted by atomic mass is 127. The number of halogens is 1. The minimum atomic E-state index is 0.0919. The van der Waals surface area contributed by atoms with E-state index in [1.54, 1.807) is 0 Å². The number of carbonyl (C=O) groups is 1. The minimum Gasteiger partial charge on any atom is -0.325 e. The van der Waals surface area contributed by atoms with Gasteiger partial charge < -0.3 is 5.32 Å². The maximum absolute atomic E-state index is 11.3. The number of hydrogen-bond donors (Lipinski definition) is 1. The van der Waals surface area contributed by atoms with Gasteiger partial charge in [0, 0.05) is 9.99 Å². The van der Waals surface area contributed by atoms with Gasteiger partial charge in [0.2, 0.25) is 5.91 Å². The predicted molar refractivity (Wildman–Crippen MR) is 67.4 cm³/mol. The molecule has 0 aliphatic carbocycles. The summed E-state index contributed by atoms with van der Waals surface area (Å²) >= 11 is 2.23. The van der Waals surface area contributed by atoms with E-state index < -0.39 is 0 Å². The van der Waals surface area contributed by atoms with Gasteiger partial charge in [-0.3, -0.25) is 4.79 Å². The minimum absolute atomic E-state index is 0.0919. The molecular weight excluding hydrogens is 289 g/mol. The molecule has 1 rings (SSSR count). The first-order valence-corrected chi connectivity index (χ1v) is 5.77. The molecule has 0 fully saturated rings. The Kier molecular flexibility index (Phi) is 4.38. The maximum atomic E-state index is 11.3. The van der Waals surface area contributed by atoms with E-state index in [0.717, 1.165) is 15.7 Å². The predicted octanol–water partition coefficient (Wildman–Crippen LogP) is 3.34. The number of anilines is 1. The van der Waals surface area contributed by atoms with Crippen molar-refractivity contribution in [3.05, 3.63) is 27.3 Å². The van der Waals surface area contributed by atoms with E-state index in [0.29, 0.717) is 6.42 Å². The van der Waals surface area contributed by atoms with Crippen LogP contribution in [0.4, 0.5) is 5.69 Å². The molecule has 0 bridgehead atoms. The fraction of sp³-hybridized carbons (Fsp3) is 0.364. The Balaban J connectivity index is 2.72. The topological polar surface area (TPSA) is 29.1 Å². The monoisotopic (exact) mass is 303 g/mol. The van der Waals surface area contributed by atoms with Crippen molar-refractivity contribution in [1.82, 2.24) is 0 Å². The van der Waals surface area contributed by atoms with Gasteiger partial charge in [-0.1, -0.05) is 13.0 Å². The molecule has 1 N–H and O–H groups in total. The number of aryl methyl sites for hydroxylation is 1. The fourth-order valence-corrected chi connectivity index (χ4v) is 1.97. The molecule has 76 valence electrons. The van der Waals surface area contributed by atoms with Crippen LogP contribution in [0.3, 0.4) is 0 Å². The van der Waals surface area contributed by atoms with Crippen LogP contribution in [-0.2, 0) is 4.79 Å². The highest BCUT2D eigenvalue weighted by Gasteiger charge is 2.03. The van der Waals surface area contributed by atoms with Crippen LogP contribution in [0.25, 0.3) is 0 Å². The van der Waals surface area contributed by atoms with Gasteiger partial charge in [-0.05, 0) is 53.6 Å². The number of amides is 1. The molecule has 0 saturated heterocycles. The number of benzene rings is 1. The molecule has 0 saturated carbocycles. The highest BCUT2D eigenvalue weighted by Crippen LogP contribution is 2.19. The zero-order valence-electron chi connectivity index (χ0n) is 8.43. The number of hydrogen-bond acceptors (Lipinski definition) is 1. The van der Waals surface area contributed by atoms with Crippen molar-refractivity contribution in [3.63, 3.8) is 0 Å². The van der Waals surface area contributed by atoms with E-state index in [-0.39, 0.29) is 5.91 Å². The summed E-state index contributed by atoms with van der Waals surface area (Å²) in [5, 5.41) is 2.89. The molecule has 0 radical (unpaired) electrons. The van der Waals surface area contributed by atoms with Crippen molar-refractivity contribution in [2.24, 2.45) is 0 Å². The smallest absolute Gasteiger partial charge is 0.224 e. The van der Waals surface area contributed by atoms with E-state index in [9.17, 15) is 4.79 Å². The van der Waals surface area contributed by atoms with Crippen LogP contribution >= 0.6 is 22.6 Å². The van der Waals surface area contributed by atoms with E-state index in [1.165, 1.54) is 5.56 Å². The zero-order valence-corrected chi connectivity index (χ0v) is 10.6. The zero-order chi connectivity index (χ0) is 10.6. The average molecular weight is 303 g/mol. The Morgan fingerprint density at radius 3 is 2.79 bits per heavy atom. The van der Waals surface area contributed by atoms with Gasteiger partial charge >= 0.3 is 0 Å². The van der Waals surface area contributed by atoms with Gasteiger partial charge in [-0.25, -0.2) is 0 Å². The second kappa shape index (κ2) is 5.34. The van der Waals surface area contributed by atoms with Gasteiger partial charge in [0.05, 0.1) is 5.69 Å². The van der Waals surface area contributed by atoms with Crippen LogP contribution in [0.15, 0.2) is 18.2 Å². The Morgan fingerprint density at radius 2 is 2.21 bits per heavy atom. The Labute approximate surface area is 98.2 Å².